The summed E-state index contributed by atoms with van der Waals surface area (Å²) in [4.78, 5) is 24.7. The summed E-state index contributed by atoms with van der Waals surface area (Å²) >= 11 is 0. The van der Waals surface area contributed by atoms with E-state index in [9.17, 15) is 25.1 Å². The zero-order valence-electron chi connectivity index (χ0n) is 11.4. The highest BCUT2D eigenvalue weighted by atomic mass is 16.6. The third-order valence-corrected chi connectivity index (χ3v) is 4.64. The van der Waals surface area contributed by atoms with Gasteiger partial charge < -0.3 is 20.4 Å². The van der Waals surface area contributed by atoms with Gasteiger partial charge in [0.2, 0.25) is 11.5 Å². The van der Waals surface area contributed by atoms with E-state index in [-0.39, 0.29) is 16.9 Å². The summed E-state index contributed by atoms with van der Waals surface area (Å²) in [6.45, 7) is 0.783. The highest BCUT2D eigenvalue weighted by molar-refractivity contribution is 6.10. The molecule has 0 saturated carbocycles. The highest BCUT2D eigenvalue weighted by Gasteiger charge is 2.77. The molecule has 2 atom stereocenters. The van der Waals surface area contributed by atoms with E-state index < -0.39 is 27.7 Å². The smallest absolute Gasteiger partial charge is 0.330 e. The van der Waals surface area contributed by atoms with Crippen LogP contribution in [0.25, 0.3) is 0 Å². The molecule has 0 radical (unpaired) electrons. The van der Waals surface area contributed by atoms with Gasteiger partial charge in [-0.2, -0.15) is 0 Å². The molecule has 0 aromatic heterocycles. The second-order valence-electron chi connectivity index (χ2n) is 5.64. The first-order valence-electron chi connectivity index (χ1n) is 6.93. The molecule has 1 aromatic carbocycles. The Morgan fingerprint density at radius 2 is 2.05 bits per heavy atom. The van der Waals surface area contributed by atoms with Gasteiger partial charge in [0.1, 0.15) is 0 Å². The standard InChI is InChI=1S/C14H13N3O5/c18-11-8-4-1-2-5-9(8)14(20)13(11,19)10(17(21)22)12-15-6-3-7-16(12)14/h1-2,4-5,15,19-20H,3,6-7H2/t13-,14+/m0/s1. The van der Waals surface area contributed by atoms with Crippen molar-refractivity contribution in [1.82, 2.24) is 10.2 Å². The zero-order valence-corrected chi connectivity index (χ0v) is 11.4. The van der Waals surface area contributed by atoms with Crippen LogP contribution in [0.1, 0.15) is 22.3 Å². The number of nitro groups is 1. The lowest BCUT2D eigenvalue weighted by Gasteiger charge is -2.40. The largest absolute Gasteiger partial charge is 0.368 e. The van der Waals surface area contributed by atoms with E-state index in [0.29, 0.717) is 19.5 Å². The first-order valence-corrected chi connectivity index (χ1v) is 6.93. The van der Waals surface area contributed by atoms with Crippen LogP contribution in [0.15, 0.2) is 35.8 Å². The van der Waals surface area contributed by atoms with Crippen LogP contribution in [0, 0.1) is 10.1 Å². The average Bonchev–Trinajstić information content (AvgIpc) is 2.83. The number of carbonyl (C=O) groups excluding carboxylic acids is 1. The molecule has 1 fully saturated rings. The zero-order chi connectivity index (χ0) is 15.7. The minimum Gasteiger partial charge on any atom is -0.368 e. The van der Waals surface area contributed by atoms with Crippen molar-refractivity contribution in [1.29, 1.82) is 0 Å². The van der Waals surface area contributed by atoms with E-state index in [2.05, 4.69) is 5.32 Å². The van der Waals surface area contributed by atoms with Crippen LogP contribution in [-0.2, 0) is 5.72 Å². The minimum atomic E-state index is -2.60. The summed E-state index contributed by atoms with van der Waals surface area (Å²) in [5.41, 5.74) is -5.13. The van der Waals surface area contributed by atoms with Gasteiger partial charge in [0.25, 0.3) is 5.60 Å². The Balaban J connectivity index is 2.06. The van der Waals surface area contributed by atoms with Crippen molar-refractivity contribution in [2.24, 2.45) is 0 Å². The number of hydrogen-bond acceptors (Lipinski definition) is 7. The van der Waals surface area contributed by atoms with Gasteiger partial charge in [0, 0.05) is 24.2 Å². The predicted octanol–water partition coefficient (Wildman–Crippen LogP) is -0.486. The first-order chi connectivity index (χ1) is 10.4. The van der Waals surface area contributed by atoms with Gasteiger partial charge in [-0.15, -0.1) is 0 Å². The minimum absolute atomic E-state index is 0.0177. The third kappa shape index (κ3) is 1.15. The normalized spacial score (nSPS) is 32.5. The van der Waals surface area contributed by atoms with Gasteiger partial charge in [-0.3, -0.25) is 14.9 Å². The van der Waals surface area contributed by atoms with Crippen LogP contribution in [0.3, 0.4) is 0 Å². The Morgan fingerprint density at radius 1 is 1.32 bits per heavy atom. The molecule has 1 aromatic rings. The Kier molecular flexibility index (Phi) is 2.31. The number of rotatable bonds is 1. The van der Waals surface area contributed by atoms with Crippen LogP contribution in [0.5, 0.6) is 0 Å². The maximum absolute atomic E-state index is 12.7. The van der Waals surface area contributed by atoms with Crippen molar-refractivity contribution in [3.8, 4) is 0 Å². The number of ketones is 1. The van der Waals surface area contributed by atoms with Crippen LogP contribution >= 0.6 is 0 Å². The summed E-state index contributed by atoms with van der Waals surface area (Å²) in [6.07, 6.45) is 0.628. The second-order valence-corrected chi connectivity index (χ2v) is 5.64. The van der Waals surface area contributed by atoms with Crippen molar-refractivity contribution in [3.63, 3.8) is 0 Å². The van der Waals surface area contributed by atoms with Gasteiger partial charge in [0.05, 0.1) is 4.92 Å². The van der Waals surface area contributed by atoms with E-state index in [1.165, 1.54) is 17.0 Å². The summed E-state index contributed by atoms with van der Waals surface area (Å²) in [5, 5.41) is 36.5. The molecule has 4 rings (SSSR count). The maximum atomic E-state index is 12.7. The second kappa shape index (κ2) is 3.84. The predicted molar refractivity (Wildman–Crippen MR) is 73.0 cm³/mol. The molecule has 0 unspecified atom stereocenters. The number of benzene rings is 1. The fraction of sp³-hybridized carbons (Fsp3) is 0.357. The van der Waals surface area contributed by atoms with E-state index in [4.69, 9.17) is 0 Å². The molecule has 114 valence electrons. The van der Waals surface area contributed by atoms with Gasteiger partial charge in [-0.05, 0) is 6.42 Å². The number of Topliss-reactive ketones (excluding diaryl/α,β-unsaturated/α-hetero) is 1. The molecule has 8 nitrogen and oxygen atoms in total. The molecule has 1 saturated heterocycles. The third-order valence-electron chi connectivity index (χ3n) is 4.64. The monoisotopic (exact) mass is 303 g/mol. The quantitative estimate of drug-likeness (QED) is 0.473. The van der Waals surface area contributed by atoms with Gasteiger partial charge in [-0.1, -0.05) is 24.3 Å². The Hall–Kier alpha value is -2.45. The molecule has 0 amide bonds. The van der Waals surface area contributed by atoms with Crippen molar-refractivity contribution < 1.29 is 19.9 Å². The molecular formula is C14H13N3O5. The van der Waals surface area contributed by atoms with Gasteiger partial charge in [-0.25, -0.2) is 0 Å². The average molecular weight is 303 g/mol. The van der Waals surface area contributed by atoms with E-state index in [0.717, 1.165) is 0 Å². The summed E-state index contributed by atoms with van der Waals surface area (Å²) in [6, 6.07) is 6.19. The lowest BCUT2D eigenvalue weighted by Crippen LogP contribution is -2.59. The van der Waals surface area contributed by atoms with E-state index in [1.54, 1.807) is 12.1 Å². The van der Waals surface area contributed by atoms with Crippen LogP contribution in [0.2, 0.25) is 0 Å². The lowest BCUT2D eigenvalue weighted by atomic mass is 9.89. The van der Waals surface area contributed by atoms with Gasteiger partial charge >= 0.3 is 5.70 Å². The van der Waals surface area contributed by atoms with Crippen molar-refractivity contribution >= 4 is 5.78 Å². The molecule has 0 bridgehead atoms. The lowest BCUT2D eigenvalue weighted by molar-refractivity contribution is -0.445. The van der Waals surface area contributed by atoms with E-state index >= 15 is 0 Å². The molecule has 3 aliphatic rings. The first kappa shape index (κ1) is 13.2. The number of nitrogens with zero attached hydrogens (tertiary/aromatic N) is 2. The highest BCUT2D eigenvalue weighted by Crippen LogP contribution is 2.56. The number of carbonyl (C=O) groups is 1. The van der Waals surface area contributed by atoms with Crippen molar-refractivity contribution in [3.05, 3.63) is 57.0 Å². The number of fused-ring (bicyclic) bond motifs is 5. The number of aliphatic hydroxyl groups is 2. The van der Waals surface area contributed by atoms with Crippen LogP contribution in [0.4, 0.5) is 0 Å². The Labute approximate surface area is 124 Å². The van der Waals surface area contributed by atoms with Crippen molar-refractivity contribution in [2.75, 3.05) is 13.1 Å². The number of hydrogen-bond donors (Lipinski definition) is 3. The molecular weight excluding hydrogens is 290 g/mol. The van der Waals surface area contributed by atoms with E-state index in [1.807, 2.05) is 0 Å². The molecule has 22 heavy (non-hydrogen) atoms. The fourth-order valence-electron chi connectivity index (χ4n) is 3.72. The summed E-state index contributed by atoms with van der Waals surface area (Å²) in [7, 11) is 0. The van der Waals surface area contributed by atoms with Crippen molar-refractivity contribution in [2.45, 2.75) is 17.7 Å². The fourth-order valence-corrected chi connectivity index (χ4v) is 3.72. The topological polar surface area (TPSA) is 116 Å². The molecule has 3 N–H and O–H groups in total. The maximum Gasteiger partial charge on any atom is 0.330 e. The Morgan fingerprint density at radius 3 is 2.77 bits per heavy atom. The summed E-state index contributed by atoms with van der Waals surface area (Å²) < 4.78 is 0. The molecule has 2 heterocycles. The molecule has 0 spiro atoms. The Bertz CT molecular complexity index is 761. The molecule has 2 aliphatic heterocycles. The SMILES string of the molecule is O=C1c2ccccc2[C@]2(O)N3CCCNC3=C([N+](=O)[O-])[C@]12O. The van der Waals surface area contributed by atoms with Crippen LogP contribution < -0.4 is 5.32 Å². The summed E-state index contributed by atoms with van der Waals surface area (Å²) in [5.74, 6) is -0.829. The van der Waals surface area contributed by atoms with Crippen LogP contribution in [-0.4, -0.2) is 44.5 Å². The van der Waals surface area contributed by atoms with Gasteiger partial charge in [0.15, 0.2) is 5.82 Å². The molecule has 1 aliphatic carbocycles. The number of nitrogens with one attached hydrogen (secondary N) is 1. The molecule has 8 heteroatoms.